The van der Waals surface area contributed by atoms with Crippen molar-refractivity contribution in [1.82, 2.24) is 0 Å². The molecule has 0 radical (unpaired) electrons. The van der Waals surface area contributed by atoms with Gasteiger partial charge in [0.15, 0.2) is 12.4 Å². The molecule has 1 aromatic carbocycles. The van der Waals surface area contributed by atoms with Crippen LogP contribution in [0.2, 0.25) is 0 Å². The molecule has 1 aliphatic rings. The van der Waals surface area contributed by atoms with Crippen LogP contribution in [-0.4, -0.2) is 36.9 Å². The summed E-state index contributed by atoms with van der Waals surface area (Å²) in [4.78, 5) is 36.6. The molecule has 1 heterocycles. The smallest absolute Gasteiger partial charge is 0.328 e. The molecule has 0 N–H and O–H groups in total. The molecule has 1 atom stereocenters. The number of esters is 1. The molecule has 1 unspecified atom stereocenters. The molecular weight excluding hydrogens is 293 g/mol. The summed E-state index contributed by atoms with van der Waals surface area (Å²) in [5, 5.41) is 0. The number of halogens is 1. The molecule has 0 fully saturated rings. The molecule has 0 aromatic heterocycles. The quantitative estimate of drug-likeness (QED) is 0.625. The minimum atomic E-state index is -0.902. The summed E-state index contributed by atoms with van der Waals surface area (Å²) in [5.74, 6) is -2.16. The number of ether oxygens (including phenoxy) is 2. The van der Waals surface area contributed by atoms with Crippen LogP contribution in [0.15, 0.2) is 12.1 Å². The molecule has 118 valence electrons. The van der Waals surface area contributed by atoms with Gasteiger partial charge in [-0.15, -0.1) is 0 Å². The fourth-order valence-electron chi connectivity index (χ4n) is 2.25. The van der Waals surface area contributed by atoms with E-state index in [-0.39, 0.29) is 30.2 Å². The standard InChI is InChI=1S/C15H16FNO5/c1-4-21-15(20)8(2)17-12-5-10(9(3)18)11(16)6-13(12)22-7-14(17)19/h5-6,8H,4,7H2,1-3H3. The molecule has 6 nitrogen and oxygen atoms in total. The van der Waals surface area contributed by atoms with E-state index in [4.69, 9.17) is 9.47 Å². The predicted octanol–water partition coefficient (Wildman–Crippen LogP) is 1.71. The van der Waals surface area contributed by atoms with Crippen molar-refractivity contribution in [3.8, 4) is 5.75 Å². The highest BCUT2D eigenvalue weighted by Gasteiger charge is 2.35. The van der Waals surface area contributed by atoms with E-state index in [0.717, 1.165) is 6.07 Å². The Morgan fingerprint density at radius 2 is 2.14 bits per heavy atom. The van der Waals surface area contributed by atoms with Crippen LogP contribution in [0.25, 0.3) is 0 Å². The Bertz CT molecular complexity index is 643. The molecule has 1 aliphatic heterocycles. The molecule has 0 saturated heterocycles. The van der Waals surface area contributed by atoms with E-state index in [2.05, 4.69) is 0 Å². The van der Waals surface area contributed by atoms with Crippen molar-refractivity contribution in [2.24, 2.45) is 0 Å². The number of carbonyl (C=O) groups is 3. The van der Waals surface area contributed by atoms with Gasteiger partial charge in [-0.3, -0.25) is 14.5 Å². The monoisotopic (exact) mass is 309 g/mol. The first kappa shape index (κ1) is 15.9. The van der Waals surface area contributed by atoms with Crippen LogP contribution < -0.4 is 9.64 Å². The molecule has 0 aliphatic carbocycles. The largest absolute Gasteiger partial charge is 0.481 e. The first-order chi connectivity index (χ1) is 10.4. The van der Waals surface area contributed by atoms with Crippen molar-refractivity contribution in [2.45, 2.75) is 26.8 Å². The number of carbonyl (C=O) groups excluding carboxylic acids is 3. The SMILES string of the molecule is CCOC(=O)C(C)N1C(=O)COc2cc(F)c(C(C)=O)cc21. The summed E-state index contributed by atoms with van der Waals surface area (Å²) >= 11 is 0. The summed E-state index contributed by atoms with van der Waals surface area (Å²) in [5.41, 5.74) is 0.0153. The topological polar surface area (TPSA) is 72.9 Å². The van der Waals surface area contributed by atoms with Gasteiger partial charge in [0.1, 0.15) is 17.6 Å². The number of rotatable bonds is 4. The van der Waals surface area contributed by atoms with Crippen LogP contribution in [0.5, 0.6) is 5.75 Å². The Morgan fingerprint density at radius 3 is 2.73 bits per heavy atom. The maximum Gasteiger partial charge on any atom is 0.328 e. The summed E-state index contributed by atoms with van der Waals surface area (Å²) in [6, 6.07) is 1.36. The van der Waals surface area contributed by atoms with Crippen molar-refractivity contribution in [2.75, 3.05) is 18.1 Å². The number of Topliss-reactive ketones (excluding diaryl/α,β-unsaturated/α-hetero) is 1. The first-order valence-corrected chi connectivity index (χ1v) is 6.82. The van der Waals surface area contributed by atoms with E-state index in [1.807, 2.05) is 0 Å². The lowest BCUT2D eigenvalue weighted by atomic mass is 10.1. The Morgan fingerprint density at radius 1 is 1.45 bits per heavy atom. The van der Waals surface area contributed by atoms with Crippen LogP contribution in [0.3, 0.4) is 0 Å². The van der Waals surface area contributed by atoms with Gasteiger partial charge in [-0.25, -0.2) is 9.18 Å². The van der Waals surface area contributed by atoms with Crippen molar-refractivity contribution >= 4 is 23.3 Å². The predicted molar refractivity (Wildman–Crippen MR) is 75.5 cm³/mol. The number of amides is 1. The van der Waals surface area contributed by atoms with E-state index < -0.39 is 29.5 Å². The van der Waals surface area contributed by atoms with Crippen LogP contribution in [0.1, 0.15) is 31.1 Å². The van der Waals surface area contributed by atoms with Gasteiger partial charge < -0.3 is 9.47 Å². The first-order valence-electron chi connectivity index (χ1n) is 6.82. The van der Waals surface area contributed by atoms with E-state index >= 15 is 0 Å². The fourth-order valence-corrected chi connectivity index (χ4v) is 2.25. The van der Waals surface area contributed by atoms with Gasteiger partial charge in [-0.05, 0) is 26.8 Å². The summed E-state index contributed by atoms with van der Waals surface area (Å²) < 4.78 is 23.9. The zero-order chi connectivity index (χ0) is 16.4. The summed E-state index contributed by atoms with van der Waals surface area (Å²) in [6.45, 7) is 4.24. The second-order valence-corrected chi connectivity index (χ2v) is 4.84. The fraction of sp³-hybridized carbons (Fsp3) is 0.400. The van der Waals surface area contributed by atoms with Gasteiger partial charge in [0.2, 0.25) is 0 Å². The maximum absolute atomic E-state index is 13.8. The van der Waals surface area contributed by atoms with Crippen molar-refractivity contribution in [3.63, 3.8) is 0 Å². The molecule has 1 amide bonds. The number of hydrogen-bond donors (Lipinski definition) is 0. The third kappa shape index (κ3) is 2.79. The number of hydrogen-bond acceptors (Lipinski definition) is 5. The second kappa shape index (κ2) is 6.13. The van der Waals surface area contributed by atoms with Gasteiger partial charge in [0.05, 0.1) is 17.9 Å². The van der Waals surface area contributed by atoms with E-state index in [0.29, 0.717) is 0 Å². The van der Waals surface area contributed by atoms with Crippen LogP contribution in [-0.2, 0) is 14.3 Å². The Balaban J connectivity index is 2.49. The normalized spacial score (nSPS) is 14.9. The number of benzene rings is 1. The van der Waals surface area contributed by atoms with Gasteiger partial charge in [-0.2, -0.15) is 0 Å². The average molecular weight is 309 g/mol. The second-order valence-electron chi connectivity index (χ2n) is 4.84. The van der Waals surface area contributed by atoms with E-state index in [1.165, 1.54) is 24.8 Å². The number of anilines is 1. The maximum atomic E-state index is 13.8. The molecule has 1 aromatic rings. The Hall–Kier alpha value is -2.44. The molecule has 7 heteroatoms. The van der Waals surface area contributed by atoms with Gasteiger partial charge in [0, 0.05) is 6.07 Å². The van der Waals surface area contributed by atoms with Crippen LogP contribution in [0, 0.1) is 5.82 Å². The lowest BCUT2D eigenvalue weighted by Gasteiger charge is -2.33. The number of fused-ring (bicyclic) bond motifs is 1. The van der Waals surface area contributed by atoms with Crippen molar-refractivity contribution in [1.29, 1.82) is 0 Å². The molecule has 0 saturated carbocycles. The van der Waals surface area contributed by atoms with Crippen molar-refractivity contribution in [3.05, 3.63) is 23.5 Å². The summed E-state index contributed by atoms with van der Waals surface area (Å²) in [7, 11) is 0. The van der Waals surface area contributed by atoms with Gasteiger partial charge in [-0.1, -0.05) is 0 Å². The molecular formula is C15H16FNO5. The lowest BCUT2D eigenvalue weighted by molar-refractivity contribution is -0.145. The third-order valence-corrected chi connectivity index (χ3v) is 3.32. The Labute approximate surface area is 126 Å². The molecule has 22 heavy (non-hydrogen) atoms. The minimum absolute atomic E-state index is 0.109. The van der Waals surface area contributed by atoms with E-state index in [1.54, 1.807) is 6.92 Å². The van der Waals surface area contributed by atoms with Gasteiger partial charge in [0.25, 0.3) is 5.91 Å². The zero-order valence-corrected chi connectivity index (χ0v) is 12.5. The lowest BCUT2D eigenvalue weighted by Crippen LogP contribution is -2.48. The number of ketones is 1. The summed E-state index contributed by atoms with van der Waals surface area (Å²) in [6.07, 6.45) is 0. The zero-order valence-electron chi connectivity index (χ0n) is 12.5. The minimum Gasteiger partial charge on any atom is -0.481 e. The van der Waals surface area contributed by atoms with E-state index in [9.17, 15) is 18.8 Å². The third-order valence-electron chi connectivity index (χ3n) is 3.32. The highest BCUT2D eigenvalue weighted by atomic mass is 19.1. The molecule has 0 bridgehead atoms. The average Bonchev–Trinajstić information content (AvgIpc) is 2.46. The molecule has 0 spiro atoms. The highest BCUT2D eigenvalue weighted by Crippen LogP contribution is 2.36. The Kier molecular flexibility index (Phi) is 4.44. The highest BCUT2D eigenvalue weighted by molar-refractivity contribution is 6.04. The van der Waals surface area contributed by atoms with Crippen LogP contribution >= 0.6 is 0 Å². The van der Waals surface area contributed by atoms with Crippen LogP contribution in [0.4, 0.5) is 10.1 Å². The van der Waals surface area contributed by atoms with Crippen molar-refractivity contribution < 1.29 is 28.2 Å². The van der Waals surface area contributed by atoms with Gasteiger partial charge >= 0.3 is 5.97 Å². The number of nitrogens with zero attached hydrogens (tertiary/aromatic N) is 1. The molecule has 2 rings (SSSR count).